The standard InChI is InChI=1S/C4H4NO/c1-4-2-3-5-6-4/h2-3H,1H2/p+1. The van der Waals surface area contributed by atoms with Crippen LogP contribution in [0.5, 0.6) is 0 Å². The molecule has 0 aliphatic heterocycles. The van der Waals surface area contributed by atoms with Crippen molar-refractivity contribution < 1.29 is 5.95 Å². The van der Waals surface area contributed by atoms with Crippen LogP contribution in [0.4, 0.5) is 0 Å². The van der Waals surface area contributed by atoms with E-state index in [2.05, 4.69) is 16.6 Å². The fourth-order valence-corrected chi connectivity index (χ4v) is 0.242. The Hall–Kier alpha value is -0.790. The summed E-state index contributed by atoms with van der Waals surface area (Å²) in [6.45, 7) is 3.45. The molecule has 1 aromatic heterocycles. The van der Waals surface area contributed by atoms with Crippen LogP contribution in [-0.2, 0) is 0 Å². The van der Waals surface area contributed by atoms with Crippen LogP contribution in [0.3, 0.4) is 0 Å². The highest BCUT2D eigenvalue weighted by Crippen LogP contribution is 1.88. The smallest absolute Gasteiger partial charge is 0.361 e. The number of hydrogen-bond acceptors (Lipinski definition) is 2. The summed E-state index contributed by atoms with van der Waals surface area (Å²) in [4.78, 5) is 0. The third-order valence-corrected chi connectivity index (χ3v) is 0.491. The Kier molecular flexibility index (Phi) is 0.638. The molecule has 0 atom stereocenters. The zero-order valence-corrected chi connectivity index (χ0v) is 3.22. The lowest BCUT2D eigenvalue weighted by Gasteiger charge is -1.65. The molecule has 31 valence electrons. The molecule has 2 heteroatoms. The Balaban J connectivity index is 0.000000360. The van der Waals surface area contributed by atoms with Gasteiger partial charge in [-0.15, -0.1) is 0 Å². The van der Waals surface area contributed by atoms with E-state index in [1.165, 1.54) is 0 Å². The highest BCUT2D eigenvalue weighted by atomic mass is 16.5. The highest BCUT2D eigenvalue weighted by Gasteiger charge is 1.78. The predicted octanol–water partition coefficient (Wildman–Crippen LogP) is 0.969. The van der Waals surface area contributed by atoms with E-state index in [1.54, 1.807) is 12.3 Å². The largest absolute Gasteiger partial charge is 1.00 e. The van der Waals surface area contributed by atoms with Gasteiger partial charge in [0.2, 0.25) is 0 Å². The van der Waals surface area contributed by atoms with Crippen LogP contribution >= 0.6 is 0 Å². The molecule has 0 N–H and O–H groups in total. The molecule has 1 aromatic rings. The Labute approximate surface area is 37.2 Å². The van der Waals surface area contributed by atoms with Crippen molar-refractivity contribution in [2.45, 2.75) is 0 Å². The Morgan fingerprint density at radius 3 is 3.00 bits per heavy atom. The normalized spacial score (nSPS) is 8.83. The van der Waals surface area contributed by atoms with Crippen molar-refractivity contribution in [1.82, 2.24) is 5.16 Å². The monoisotopic (exact) mass is 83.0 g/mol. The molecule has 1 radical (unpaired) electrons. The van der Waals surface area contributed by atoms with E-state index in [1.807, 2.05) is 0 Å². The summed E-state index contributed by atoms with van der Waals surface area (Å²) < 4.78 is 4.47. The van der Waals surface area contributed by atoms with Gasteiger partial charge in [-0.1, -0.05) is 5.16 Å². The Morgan fingerprint density at radius 1 is 2.00 bits per heavy atom. The molecule has 6 heavy (non-hydrogen) atoms. The van der Waals surface area contributed by atoms with Crippen LogP contribution < -0.4 is 0 Å². The molecule has 0 saturated heterocycles. The zero-order chi connectivity index (χ0) is 4.41. The van der Waals surface area contributed by atoms with Crippen molar-refractivity contribution >= 4 is 0 Å². The summed E-state index contributed by atoms with van der Waals surface area (Å²) in [5.41, 5.74) is 0. The van der Waals surface area contributed by atoms with Crippen LogP contribution in [0, 0.1) is 6.92 Å². The van der Waals surface area contributed by atoms with Gasteiger partial charge in [0.1, 0.15) is 5.76 Å². The Bertz CT molecular complexity index is 115. The first-order valence-corrected chi connectivity index (χ1v) is 1.62. The maximum absolute atomic E-state index is 4.47. The summed E-state index contributed by atoms with van der Waals surface area (Å²) in [5.74, 6) is 0.606. The molecule has 0 aromatic carbocycles. The van der Waals surface area contributed by atoms with E-state index in [4.69, 9.17) is 0 Å². The van der Waals surface area contributed by atoms with E-state index in [9.17, 15) is 0 Å². The van der Waals surface area contributed by atoms with Crippen molar-refractivity contribution in [2.24, 2.45) is 0 Å². The summed E-state index contributed by atoms with van der Waals surface area (Å²) in [6, 6.07) is 1.69. The van der Waals surface area contributed by atoms with Gasteiger partial charge in [0.05, 0.1) is 6.20 Å². The fourth-order valence-electron chi connectivity index (χ4n) is 0.242. The quantitative estimate of drug-likeness (QED) is 0.467. The van der Waals surface area contributed by atoms with E-state index in [0.29, 0.717) is 5.76 Å². The predicted molar refractivity (Wildman–Crippen MR) is 22.1 cm³/mol. The molecule has 0 amide bonds. The second-order valence-corrected chi connectivity index (χ2v) is 0.979. The van der Waals surface area contributed by atoms with Gasteiger partial charge >= 0.3 is 1.43 Å². The molecular weight excluding hydrogens is 78.0 g/mol. The fraction of sp³-hybridized carbons (Fsp3) is 0. The van der Waals surface area contributed by atoms with Crippen LogP contribution in [0.15, 0.2) is 16.8 Å². The van der Waals surface area contributed by atoms with Crippen LogP contribution in [0.2, 0.25) is 0 Å². The molecule has 2 nitrogen and oxygen atoms in total. The maximum Gasteiger partial charge on any atom is 1.00 e. The van der Waals surface area contributed by atoms with Crippen molar-refractivity contribution in [2.75, 3.05) is 0 Å². The van der Waals surface area contributed by atoms with E-state index in [-0.39, 0.29) is 1.43 Å². The molecule has 0 bridgehead atoms. The molecule has 0 fully saturated rings. The van der Waals surface area contributed by atoms with Gasteiger partial charge in [0.25, 0.3) is 0 Å². The number of hydrogen-bond donors (Lipinski definition) is 0. The molecule has 1 heterocycles. The molecule has 1 rings (SSSR count). The highest BCUT2D eigenvalue weighted by molar-refractivity contribution is 4.95. The van der Waals surface area contributed by atoms with Gasteiger partial charge in [0.15, 0.2) is 0 Å². The maximum atomic E-state index is 4.47. The van der Waals surface area contributed by atoms with Gasteiger partial charge in [-0.3, -0.25) is 0 Å². The minimum atomic E-state index is 0. The minimum absolute atomic E-state index is 0. The lowest BCUT2D eigenvalue weighted by Crippen LogP contribution is -1.50. The number of nitrogens with zero attached hydrogens (tertiary/aromatic N) is 1. The molecule has 0 unspecified atom stereocenters. The zero-order valence-electron chi connectivity index (χ0n) is 4.22. The Morgan fingerprint density at radius 2 is 2.83 bits per heavy atom. The lowest BCUT2D eigenvalue weighted by molar-refractivity contribution is 0.407. The van der Waals surface area contributed by atoms with Crippen molar-refractivity contribution in [3.63, 3.8) is 0 Å². The van der Waals surface area contributed by atoms with Gasteiger partial charge in [-0.2, -0.15) is 0 Å². The summed E-state index contributed by atoms with van der Waals surface area (Å²) in [7, 11) is 0. The SMILES string of the molecule is [CH2]c1ccno1.[H+]. The van der Waals surface area contributed by atoms with Crippen molar-refractivity contribution in [1.29, 1.82) is 0 Å². The van der Waals surface area contributed by atoms with E-state index >= 15 is 0 Å². The van der Waals surface area contributed by atoms with Gasteiger partial charge in [0, 0.05) is 13.0 Å². The average Bonchev–Trinajstić information content (AvgIpc) is 1.86. The van der Waals surface area contributed by atoms with Crippen LogP contribution in [-0.4, -0.2) is 5.16 Å². The van der Waals surface area contributed by atoms with Crippen molar-refractivity contribution in [3.05, 3.63) is 24.9 Å². The van der Waals surface area contributed by atoms with Crippen molar-refractivity contribution in [3.8, 4) is 0 Å². The van der Waals surface area contributed by atoms with Gasteiger partial charge < -0.3 is 4.52 Å². The van der Waals surface area contributed by atoms with E-state index in [0.717, 1.165) is 0 Å². The first-order chi connectivity index (χ1) is 2.89. The summed E-state index contributed by atoms with van der Waals surface area (Å²) in [6.07, 6.45) is 1.56. The average molecular weight is 83.1 g/mol. The number of rotatable bonds is 0. The third kappa shape index (κ3) is 0.407. The first-order valence-electron chi connectivity index (χ1n) is 1.62. The van der Waals surface area contributed by atoms with Crippen LogP contribution in [0.1, 0.15) is 7.19 Å². The second-order valence-electron chi connectivity index (χ2n) is 0.979. The second kappa shape index (κ2) is 1.12. The molecule has 0 spiro atoms. The number of aromatic nitrogens is 1. The molecule has 0 saturated carbocycles. The lowest BCUT2D eigenvalue weighted by atomic mass is 10.5. The molecule has 0 aliphatic carbocycles. The van der Waals surface area contributed by atoms with Gasteiger partial charge in [-0.05, 0) is 0 Å². The minimum Gasteiger partial charge on any atom is -0.361 e. The summed E-state index contributed by atoms with van der Waals surface area (Å²) in [5, 5.41) is 3.38. The molecular formula is C4H5NO+. The van der Waals surface area contributed by atoms with E-state index < -0.39 is 0 Å². The molecule has 0 aliphatic rings. The first kappa shape index (κ1) is 3.40. The topological polar surface area (TPSA) is 26.0 Å². The van der Waals surface area contributed by atoms with Crippen LogP contribution in [0.25, 0.3) is 0 Å². The van der Waals surface area contributed by atoms with Gasteiger partial charge in [-0.25, -0.2) is 0 Å². The third-order valence-electron chi connectivity index (χ3n) is 0.491. The summed E-state index contributed by atoms with van der Waals surface area (Å²) >= 11 is 0.